The highest BCUT2D eigenvalue weighted by atomic mass is 16.5. The van der Waals surface area contributed by atoms with E-state index < -0.39 is 0 Å². The second-order valence-corrected chi connectivity index (χ2v) is 8.43. The molecule has 0 spiro atoms. The third-order valence-electron chi connectivity index (χ3n) is 6.40. The maximum atomic E-state index is 12.7. The van der Waals surface area contributed by atoms with Crippen molar-refractivity contribution in [2.24, 2.45) is 5.41 Å². The third-order valence-corrected chi connectivity index (χ3v) is 6.40. The molecule has 1 aliphatic heterocycles. The summed E-state index contributed by atoms with van der Waals surface area (Å²) in [6.07, 6.45) is 8.05. The van der Waals surface area contributed by atoms with E-state index in [-0.39, 0.29) is 29.0 Å². The Morgan fingerprint density at radius 1 is 1.43 bits per heavy atom. The van der Waals surface area contributed by atoms with E-state index in [2.05, 4.69) is 15.6 Å². The number of nitrogens with one attached hydrogen (secondary N) is 1. The molecule has 0 aromatic carbocycles. The van der Waals surface area contributed by atoms with Crippen molar-refractivity contribution in [3.63, 3.8) is 0 Å². The maximum Gasteiger partial charge on any atom is 0.273 e. The van der Waals surface area contributed by atoms with Gasteiger partial charge in [0.25, 0.3) is 5.91 Å². The number of carbonyl (C=O) groups excluding carboxylic acids is 2. The van der Waals surface area contributed by atoms with E-state index in [1.165, 1.54) is 0 Å². The fourth-order valence-electron chi connectivity index (χ4n) is 4.89. The Morgan fingerprint density at radius 3 is 3.07 bits per heavy atom. The van der Waals surface area contributed by atoms with Crippen LogP contribution in [0, 0.1) is 12.3 Å². The summed E-state index contributed by atoms with van der Waals surface area (Å²) in [7, 11) is 1.65. The van der Waals surface area contributed by atoms with Crippen LogP contribution in [0.25, 0.3) is 0 Å². The molecule has 1 N–H and O–H groups in total. The van der Waals surface area contributed by atoms with Gasteiger partial charge in [0.1, 0.15) is 6.54 Å². The van der Waals surface area contributed by atoms with E-state index in [1.54, 1.807) is 24.1 Å². The topological polar surface area (TPSA) is 102 Å². The average molecular weight is 415 g/mol. The second-order valence-electron chi connectivity index (χ2n) is 8.43. The summed E-state index contributed by atoms with van der Waals surface area (Å²) in [5, 5.41) is 11.2. The van der Waals surface area contributed by atoms with E-state index in [0.717, 1.165) is 31.2 Å². The normalized spacial score (nSPS) is 23.6. The number of aromatic nitrogens is 3. The number of aryl methyl sites for hydroxylation is 1. The summed E-state index contributed by atoms with van der Waals surface area (Å²) in [6, 6.07) is 1.82. The molecule has 1 saturated carbocycles. The summed E-state index contributed by atoms with van der Waals surface area (Å²) in [6.45, 7) is 4.07. The molecule has 0 unspecified atom stereocenters. The van der Waals surface area contributed by atoms with Gasteiger partial charge in [-0.15, -0.1) is 0 Å². The van der Waals surface area contributed by atoms with Gasteiger partial charge >= 0.3 is 0 Å². The van der Waals surface area contributed by atoms with Gasteiger partial charge < -0.3 is 19.5 Å². The van der Waals surface area contributed by atoms with Gasteiger partial charge in [0.2, 0.25) is 5.91 Å². The summed E-state index contributed by atoms with van der Waals surface area (Å²) in [4.78, 5) is 27.1. The molecule has 2 amide bonds. The molecule has 1 saturated heterocycles. The van der Waals surface area contributed by atoms with Crippen molar-refractivity contribution in [2.45, 2.75) is 51.6 Å². The maximum absolute atomic E-state index is 12.7. The highest BCUT2D eigenvalue weighted by Gasteiger charge is 2.50. The lowest BCUT2D eigenvalue weighted by atomic mass is 9.74. The predicted molar refractivity (Wildman–Crippen MR) is 108 cm³/mol. The van der Waals surface area contributed by atoms with Crippen molar-refractivity contribution < 1.29 is 18.8 Å². The number of methoxy groups -OCH3 is 1. The van der Waals surface area contributed by atoms with Crippen LogP contribution in [0.15, 0.2) is 23.0 Å². The number of likely N-dealkylation sites (tertiary alicyclic amines) is 1. The number of hydrogen-bond donors (Lipinski definition) is 1. The molecule has 9 heteroatoms. The lowest BCUT2D eigenvalue weighted by Gasteiger charge is -2.46. The molecule has 2 aromatic heterocycles. The zero-order valence-corrected chi connectivity index (χ0v) is 17.6. The summed E-state index contributed by atoms with van der Waals surface area (Å²) >= 11 is 0. The Labute approximate surface area is 175 Å². The molecular weight excluding hydrogens is 386 g/mol. The number of hydrogen-bond acceptors (Lipinski definition) is 6. The van der Waals surface area contributed by atoms with E-state index in [1.807, 2.05) is 18.0 Å². The Morgan fingerprint density at radius 2 is 2.30 bits per heavy atom. The Balaban J connectivity index is 1.38. The van der Waals surface area contributed by atoms with Crippen molar-refractivity contribution >= 4 is 11.8 Å². The minimum atomic E-state index is -0.248. The molecule has 3 heterocycles. The van der Waals surface area contributed by atoms with Crippen molar-refractivity contribution in [2.75, 3.05) is 26.8 Å². The van der Waals surface area contributed by atoms with Crippen LogP contribution in [-0.4, -0.2) is 64.5 Å². The first kappa shape index (κ1) is 20.6. The van der Waals surface area contributed by atoms with Gasteiger partial charge in [0.05, 0.1) is 12.8 Å². The van der Waals surface area contributed by atoms with Crippen LogP contribution in [-0.2, 0) is 16.1 Å². The molecule has 2 aliphatic rings. The Kier molecular flexibility index (Phi) is 5.90. The molecule has 0 bridgehead atoms. The van der Waals surface area contributed by atoms with E-state index in [9.17, 15) is 9.59 Å². The monoisotopic (exact) mass is 415 g/mol. The zero-order chi connectivity index (χ0) is 21.1. The van der Waals surface area contributed by atoms with Crippen molar-refractivity contribution in [1.82, 2.24) is 25.2 Å². The Bertz CT molecular complexity index is 907. The minimum absolute atomic E-state index is 0.0730. The van der Waals surface area contributed by atoms with Gasteiger partial charge in [-0.2, -0.15) is 5.10 Å². The number of carbonyl (C=O) groups is 2. The number of nitrogens with zero attached hydrogens (tertiary/aromatic N) is 4. The molecule has 2 atom stereocenters. The lowest BCUT2D eigenvalue weighted by Crippen LogP contribution is -2.56. The van der Waals surface area contributed by atoms with Crippen molar-refractivity contribution in [3.05, 3.63) is 35.5 Å². The standard InChI is InChI=1S/C21H29N5O4/c1-15-11-23-25(12-15)13-16-10-17(24-30-16)20(28)22-14-21-6-3-4-18(21)26(8-9-29-2)19(27)5-7-21/h10-12,18H,3-9,13-14H2,1-2H3,(H,22,28)/t18-,21+/m1/s1. The first-order valence-electron chi connectivity index (χ1n) is 10.5. The van der Waals surface area contributed by atoms with Gasteiger partial charge in [-0.3, -0.25) is 14.3 Å². The largest absolute Gasteiger partial charge is 0.383 e. The first-order valence-corrected chi connectivity index (χ1v) is 10.5. The van der Waals surface area contributed by atoms with Crippen molar-refractivity contribution in [3.8, 4) is 0 Å². The molecule has 162 valence electrons. The fraction of sp³-hybridized carbons (Fsp3) is 0.619. The molecule has 9 nitrogen and oxygen atoms in total. The van der Waals surface area contributed by atoms with Gasteiger partial charge in [0.15, 0.2) is 11.5 Å². The Hall–Kier alpha value is -2.68. The van der Waals surface area contributed by atoms with Crippen LogP contribution < -0.4 is 5.32 Å². The van der Waals surface area contributed by atoms with Crippen LogP contribution in [0.2, 0.25) is 0 Å². The molecule has 4 rings (SSSR count). The number of piperidine rings is 1. The first-order chi connectivity index (χ1) is 14.5. The second kappa shape index (κ2) is 8.59. The third kappa shape index (κ3) is 4.12. The predicted octanol–water partition coefficient (Wildman–Crippen LogP) is 1.77. The van der Waals surface area contributed by atoms with Gasteiger partial charge in [-0.25, -0.2) is 0 Å². The quantitative estimate of drug-likeness (QED) is 0.705. The van der Waals surface area contributed by atoms with Crippen LogP contribution in [0.3, 0.4) is 0 Å². The van der Waals surface area contributed by atoms with Crippen LogP contribution in [0.4, 0.5) is 0 Å². The molecule has 2 fully saturated rings. The molecule has 30 heavy (non-hydrogen) atoms. The van der Waals surface area contributed by atoms with Crippen LogP contribution in [0.5, 0.6) is 0 Å². The van der Waals surface area contributed by atoms with E-state index >= 15 is 0 Å². The number of ether oxygens (including phenoxy) is 1. The number of amides is 2. The molecule has 1 aliphatic carbocycles. The highest BCUT2D eigenvalue weighted by molar-refractivity contribution is 5.92. The highest BCUT2D eigenvalue weighted by Crippen LogP contribution is 2.47. The van der Waals surface area contributed by atoms with Gasteiger partial charge in [-0.05, 0) is 31.7 Å². The van der Waals surface area contributed by atoms with Gasteiger partial charge in [-0.1, -0.05) is 11.6 Å². The summed E-state index contributed by atoms with van der Waals surface area (Å²) < 4.78 is 12.2. The molecular formula is C21H29N5O4. The van der Waals surface area contributed by atoms with Crippen LogP contribution >= 0.6 is 0 Å². The SMILES string of the molecule is COCCN1C(=O)CC[C@]2(CNC(=O)c3cc(Cn4cc(C)cn4)on3)CCC[C@@H]12. The summed E-state index contributed by atoms with van der Waals surface area (Å²) in [5.74, 6) is 0.520. The smallest absolute Gasteiger partial charge is 0.273 e. The number of rotatable bonds is 8. The fourth-order valence-corrected chi connectivity index (χ4v) is 4.89. The minimum Gasteiger partial charge on any atom is -0.383 e. The van der Waals surface area contributed by atoms with Crippen molar-refractivity contribution in [1.29, 1.82) is 0 Å². The summed E-state index contributed by atoms with van der Waals surface area (Å²) in [5.41, 5.74) is 1.25. The van der Waals surface area contributed by atoms with E-state index in [4.69, 9.17) is 9.26 Å². The molecule has 0 radical (unpaired) electrons. The van der Waals surface area contributed by atoms with Gasteiger partial charge in [0, 0.05) is 50.3 Å². The molecule has 2 aromatic rings. The van der Waals surface area contributed by atoms with E-state index in [0.29, 0.717) is 38.4 Å². The van der Waals surface area contributed by atoms with Crippen LogP contribution in [0.1, 0.15) is 53.9 Å². The lowest BCUT2D eigenvalue weighted by molar-refractivity contribution is -0.142. The average Bonchev–Trinajstić information content (AvgIpc) is 3.46. The number of fused-ring (bicyclic) bond motifs is 1. The zero-order valence-electron chi connectivity index (χ0n) is 17.6.